The van der Waals surface area contributed by atoms with E-state index in [4.69, 9.17) is 9.47 Å². The lowest BCUT2D eigenvalue weighted by atomic mass is 10.1. The van der Waals surface area contributed by atoms with Crippen molar-refractivity contribution in [3.8, 4) is 11.5 Å². The Morgan fingerprint density at radius 3 is 2.52 bits per heavy atom. The number of hydrogen-bond acceptors (Lipinski definition) is 5. The molecule has 1 unspecified atom stereocenters. The Hall–Kier alpha value is -2.53. The molecule has 180 valence electrons. The quantitative estimate of drug-likeness (QED) is 0.244. The summed E-state index contributed by atoms with van der Waals surface area (Å²) in [4.78, 5) is 18.3. The fraction of sp³-hybridized carbons (Fsp3) is 0.417. The number of guanidine groups is 1. The molecule has 0 saturated carbocycles. The van der Waals surface area contributed by atoms with E-state index in [0.29, 0.717) is 42.5 Å². The average molecular weight is 568 g/mol. The first-order valence-corrected chi connectivity index (χ1v) is 10.9. The zero-order valence-corrected chi connectivity index (χ0v) is 21.7. The van der Waals surface area contributed by atoms with Crippen LogP contribution in [0.25, 0.3) is 0 Å². The number of carbonyl (C=O) groups is 1. The molecule has 3 rings (SSSR count). The maximum atomic E-state index is 11.9. The molecule has 0 aromatic heterocycles. The molecule has 33 heavy (non-hydrogen) atoms. The molecule has 0 spiro atoms. The van der Waals surface area contributed by atoms with Crippen molar-refractivity contribution < 1.29 is 19.4 Å². The highest BCUT2D eigenvalue weighted by atomic mass is 127. The molecule has 1 aliphatic rings. The lowest BCUT2D eigenvalue weighted by Gasteiger charge is -2.18. The second-order valence-corrected chi connectivity index (χ2v) is 7.52. The van der Waals surface area contributed by atoms with Crippen LogP contribution in [0, 0.1) is 0 Å². The monoisotopic (exact) mass is 568 g/mol. The van der Waals surface area contributed by atoms with Gasteiger partial charge in [-0.05, 0) is 49.2 Å². The summed E-state index contributed by atoms with van der Waals surface area (Å²) in [7, 11) is 3.16. The Morgan fingerprint density at radius 2 is 1.91 bits per heavy atom. The summed E-state index contributed by atoms with van der Waals surface area (Å²) in [6.45, 7) is 4.19. The lowest BCUT2D eigenvalue weighted by molar-refractivity contribution is -0.117. The van der Waals surface area contributed by atoms with Crippen LogP contribution in [-0.4, -0.2) is 50.8 Å². The Kier molecular flexibility index (Phi) is 10.7. The molecule has 3 N–H and O–H groups in total. The number of benzene rings is 2. The number of rotatable bonds is 9. The second kappa shape index (κ2) is 13.2. The molecule has 0 bridgehead atoms. The minimum Gasteiger partial charge on any atom is -0.497 e. The normalized spacial score (nSPS) is 14.5. The average Bonchev–Trinajstić information content (AvgIpc) is 3.26. The van der Waals surface area contributed by atoms with Crippen molar-refractivity contribution >= 4 is 41.5 Å². The van der Waals surface area contributed by atoms with Crippen LogP contribution in [-0.2, 0) is 11.3 Å². The van der Waals surface area contributed by atoms with Crippen LogP contribution in [0.4, 0.5) is 5.69 Å². The number of amides is 1. The van der Waals surface area contributed by atoms with Gasteiger partial charge in [0.25, 0.3) is 0 Å². The van der Waals surface area contributed by atoms with Gasteiger partial charge in [0.1, 0.15) is 11.5 Å². The van der Waals surface area contributed by atoms with E-state index in [0.717, 1.165) is 24.2 Å². The summed E-state index contributed by atoms with van der Waals surface area (Å²) in [5.41, 5.74) is 2.61. The minimum atomic E-state index is -0.804. The highest BCUT2D eigenvalue weighted by Gasteiger charge is 2.21. The molecule has 1 fully saturated rings. The van der Waals surface area contributed by atoms with Crippen LogP contribution >= 0.6 is 24.0 Å². The first-order valence-electron chi connectivity index (χ1n) is 10.9. The van der Waals surface area contributed by atoms with Gasteiger partial charge in [0, 0.05) is 37.3 Å². The van der Waals surface area contributed by atoms with Crippen molar-refractivity contribution in [1.29, 1.82) is 0 Å². The van der Waals surface area contributed by atoms with E-state index >= 15 is 0 Å². The van der Waals surface area contributed by atoms with Crippen LogP contribution in [0.5, 0.6) is 11.5 Å². The number of aliphatic imine (C=N–C) groups is 1. The van der Waals surface area contributed by atoms with Crippen molar-refractivity contribution in [3.63, 3.8) is 0 Å². The molecule has 8 nitrogen and oxygen atoms in total. The number of halogens is 1. The number of ether oxygens (including phenoxy) is 2. The van der Waals surface area contributed by atoms with Gasteiger partial charge in [0.05, 0.1) is 26.9 Å². The van der Waals surface area contributed by atoms with Crippen LogP contribution in [0.15, 0.2) is 47.5 Å². The van der Waals surface area contributed by atoms with Gasteiger partial charge in [-0.1, -0.05) is 12.1 Å². The van der Waals surface area contributed by atoms with Gasteiger partial charge in [-0.15, -0.1) is 24.0 Å². The van der Waals surface area contributed by atoms with E-state index in [1.54, 1.807) is 32.4 Å². The van der Waals surface area contributed by atoms with E-state index in [1.807, 2.05) is 36.1 Å². The van der Waals surface area contributed by atoms with Gasteiger partial charge in [-0.2, -0.15) is 0 Å². The summed E-state index contributed by atoms with van der Waals surface area (Å²) >= 11 is 0. The third-order valence-corrected chi connectivity index (χ3v) is 5.34. The number of aliphatic hydroxyl groups excluding tert-OH is 1. The molecule has 0 aliphatic carbocycles. The Morgan fingerprint density at radius 1 is 1.15 bits per heavy atom. The van der Waals surface area contributed by atoms with Crippen LogP contribution in [0.3, 0.4) is 0 Å². The van der Waals surface area contributed by atoms with Crippen molar-refractivity contribution in [2.75, 3.05) is 38.8 Å². The number of nitrogens with zero attached hydrogens (tertiary/aromatic N) is 2. The number of anilines is 1. The molecular formula is C24H33IN4O4. The molecule has 1 amide bonds. The van der Waals surface area contributed by atoms with Crippen LogP contribution in [0.2, 0.25) is 0 Å². The molecule has 1 aliphatic heterocycles. The molecular weight excluding hydrogens is 535 g/mol. The smallest absolute Gasteiger partial charge is 0.227 e. The largest absolute Gasteiger partial charge is 0.497 e. The van der Waals surface area contributed by atoms with Gasteiger partial charge < -0.3 is 30.1 Å². The predicted octanol–water partition coefficient (Wildman–Crippen LogP) is 3.24. The fourth-order valence-electron chi connectivity index (χ4n) is 3.62. The molecule has 9 heteroatoms. The molecule has 1 atom stereocenters. The van der Waals surface area contributed by atoms with Crippen molar-refractivity contribution in [1.82, 2.24) is 10.6 Å². The summed E-state index contributed by atoms with van der Waals surface area (Å²) in [6.07, 6.45) is 0.731. The van der Waals surface area contributed by atoms with Crippen LogP contribution < -0.4 is 25.0 Å². The highest BCUT2D eigenvalue weighted by molar-refractivity contribution is 14.0. The van der Waals surface area contributed by atoms with Gasteiger partial charge in [0.15, 0.2) is 5.96 Å². The fourth-order valence-corrected chi connectivity index (χ4v) is 3.62. The standard InChI is InChI=1S/C24H32N4O4.HI/c1-4-25-24(27-16-21(29)20-14-19(31-2)11-12-22(20)32-3)26-15-17-7-9-18(10-8-17)28-13-5-6-23(28)30;/h7-12,14,21,29H,4-6,13,15-16H2,1-3H3,(H2,25,26,27);1H. The zero-order valence-electron chi connectivity index (χ0n) is 19.3. The summed E-state index contributed by atoms with van der Waals surface area (Å²) < 4.78 is 10.6. The van der Waals surface area contributed by atoms with E-state index in [2.05, 4.69) is 15.6 Å². The number of carbonyl (C=O) groups excluding carboxylic acids is 1. The Balaban J connectivity index is 0.00000385. The minimum absolute atomic E-state index is 0. The van der Waals surface area contributed by atoms with E-state index in [9.17, 15) is 9.90 Å². The number of methoxy groups -OCH3 is 2. The summed E-state index contributed by atoms with van der Waals surface area (Å²) in [5, 5.41) is 17.1. The van der Waals surface area contributed by atoms with Crippen molar-refractivity contribution in [2.24, 2.45) is 4.99 Å². The number of nitrogens with one attached hydrogen (secondary N) is 2. The maximum absolute atomic E-state index is 11.9. The number of hydrogen-bond donors (Lipinski definition) is 3. The third-order valence-electron chi connectivity index (χ3n) is 5.34. The molecule has 2 aromatic rings. The van der Waals surface area contributed by atoms with Crippen molar-refractivity contribution in [2.45, 2.75) is 32.4 Å². The van der Waals surface area contributed by atoms with E-state index in [1.165, 1.54) is 0 Å². The van der Waals surface area contributed by atoms with Gasteiger partial charge in [-0.3, -0.25) is 4.79 Å². The van der Waals surface area contributed by atoms with E-state index < -0.39 is 6.10 Å². The van der Waals surface area contributed by atoms with Crippen LogP contribution in [0.1, 0.15) is 37.0 Å². The van der Waals surface area contributed by atoms with Gasteiger partial charge >= 0.3 is 0 Å². The predicted molar refractivity (Wildman–Crippen MR) is 141 cm³/mol. The molecule has 0 radical (unpaired) electrons. The van der Waals surface area contributed by atoms with Gasteiger partial charge in [0.2, 0.25) is 5.91 Å². The van der Waals surface area contributed by atoms with Crippen molar-refractivity contribution in [3.05, 3.63) is 53.6 Å². The number of aliphatic hydroxyl groups is 1. The topological polar surface area (TPSA) is 95.4 Å². The Bertz CT molecular complexity index is 937. The summed E-state index contributed by atoms with van der Waals surface area (Å²) in [5.74, 6) is 2.03. The Labute approximate surface area is 212 Å². The SMILES string of the molecule is CCNC(=NCc1ccc(N2CCCC2=O)cc1)NCC(O)c1cc(OC)ccc1OC.I. The molecule has 1 saturated heterocycles. The second-order valence-electron chi connectivity index (χ2n) is 7.52. The van der Waals surface area contributed by atoms with E-state index in [-0.39, 0.29) is 36.4 Å². The first kappa shape index (κ1) is 26.7. The zero-order chi connectivity index (χ0) is 22.9. The third kappa shape index (κ3) is 7.23. The molecule has 1 heterocycles. The first-order chi connectivity index (χ1) is 15.5. The maximum Gasteiger partial charge on any atom is 0.227 e. The molecule has 2 aromatic carbocycles. The summed E-state index contributed by atoms with van der Waals surface area (Å²) in [6, 6.07) is 13.2. The lowest BCUT2D eigenvalue weighted by Crippen LogP contribution is -2.39. The van der Waals surface area contributed by atoms with Gasteiger partial charge in [-0.25, -0.2) is 4.99 Å². The highest BCUT2D eigenvalue weighted by Crippen LogP contribution is 2.29.